The van der Waals surface area contributed by atoms with Gasteiger partial charge in [0.15, 0.2) is 15.7 Å². The number of carbonyl (C=O) groups excluding carboxylic acids is 1. The summed E-state index contributed by atoms with van der Waals surface area (Å²) in [4.78, 5) is 23.3. The highest BCUT2D eigenvalue weighted by Crippen LogP contribution is 2.23. The molecule has 0 radical (unpaired) electrons. The highest BCUT2D eigenvalue weighted by atomic mass is 32.2. The monoisotopic (exact) mass is 463 g/mol. The molecule has 0 aliphatic carbocycles. The number of aromatic nitrogens is 2. The van der Waals surface area contributed by atoms with E-state index in [1.807, 2.05) is 6.92 Å². The molecule has 11 heteroatoms. The average Bonchev–Trinajstić information content (AvgIpc) is 2.73. The minimum atomic E-state index is -3.25. The average molecular weight is 464 g/mol. The van der Waals surface area contributed by atoms with Crippen LogP contribution < -0.4 is 15.5 Å². The predicted octanol–water partition coefficient (Wildman–Crippen LogP) is 1.68. The van der Waals surface area contributed by atoms with Gasteiger partial charge in [0.1, 0.15) is 5.82 Å². The number of sulfone groups is 1. The maximum Gasteiger partial charge on any atom is 0.319 e. The van der Waals surface area contributed by atoms with Crippen molar-refractivity contribution in [3.63, 3.8) is 0 Å². The molecule has 2 amide bonds. The normalized spacial score (nSPS) is 15.3. The van der Waals surface area contributed by atoms with Crippen molar-refractivity contribution in [2.45, 2.75) is 18.7 Å². The zero-order chi connectivity index (χ0) is 23.1. The van der Waals surface area contributed by atoms with Gasteiger partial charge in [-0.3, -0.25) is 0 Å². The maximum atomic E-state index is 12.1. The molecule has 1 unspecified atom stereocenters. The third-order valence-electron chi connectivity index (χ3n) is 4.71. The van der Waals surface area contributed by atoms with Crippen molar-refractivity contribution in [1.82, 2.24) is 15.3 Å². The molecule has 1 aromatic heterocycles. The van der Waals surface area contributed by atoms with Crippen molar-refractivity contribution in [3.8, 4) is 11.4 Å². The number of nitrogens with zero attached hydrogens (tertiary/aromatic N) is 3. The van der Waals surface area contributed by atoms with E-state index >= 15 is 0 Å². The number of morpholine rings is 1. The molecule has 0 saturated carbocycles. The molecule has 3 rings (SSSR count). The van der Waals surface area contributed by atoms with Gasteiger partial charge in [-0.15, -0.1) is 0 Å². The van der Waals surface area contributed by atoms with Crippen LogP contribution in [-0.2, 0) is 25.1 Å². The van der Waals surface area contributed by atoms with Crippen LogP contribution in [0.2, 0.25) is 0 Å². The van der Waals surface area contributed by atoms with Crippen LogP contribution >= 0.6 is 0 Å². The summed E-state index contributed by atoms with van der Waals surface area (Å²) in [5.41, 5.74) is 1.76. The Morgan fingerprint density at radius 3 is 2.53 bits per heavy atom. The number of hydrogen-bond acceptors (Lipinski definition) is 8. The molecule has 1 aliphatic rings. The van der Waals surface area contributed by atoms with Crippen LogP contribution in [-0.4, -0.2) is 76.7 Å². The number of rotatable bonds is 8. The van der Waals surface area contributed by atoms with E-state index in [-0.39, 0.29) is 17.8 Å². The van der Waals surface area contributed by atoms with Gasteiger partial charge in [0.05, 0.1) is 37.3 Å². The second kappa shape index (κ2) is 10.7. The fourth-order valence-corrected chi connectivity index (χ4v) is 3.98. The lowest BCUT2D eigenvalue weighted by Crippen LogP contribution is -2.38. The zero-order valence-corrected chi connectivity index (χ0v) is 19.3. The Balaban J connectivity index is 1.81. The first-order valence-electron chi connectivity index (χ1n) is 10.3. The van der Waals surface area contributed by atoms with Gasteiger partial charge in [-0.25, -0.2) is 23.2 Å². The van der Waals surface area contributed by atoms with Crippen molar-refractivity contribution in [2.24, 2.45) is 0 Å². The number of urea groups is 1. The number of ether oxygens (including phenoxy) is 2. The number of hydrogen-bond donors (Lipinski definition) is 2. The van der Waals surface area contributed by atoms with Crippen LogP contribution in [0.15, 0.2) is 30.3 Å². The van der Waals surface area contributed by atoms with Crippen molar-refractivity contribution < 1.29 is 22.7 Å². The standard InChI is InChI=1S/C21H29N5O5S/c1-15(13-30-2)22-21(27)24-17-6-4-16(5-7-17)20-23-18(14-32(3,28)29)12-19(25-20)26-8-10-31-11-9-26/h4-7,12,15H,8-11,13-14H2,1-3H3,(H2,22,24,27). The molecule has 2 N–H and O–H groups in total. The van der Waals surface area contributed by atoms with E-state index in [0.717, 1.165) is 0 Å². The van der Waals surface area contributed by atoms with E-state index in [2.05, 4.69) is 25.5 Å². The molecule has 2 heterocycles. The third kappa shape index (κ3) is 7.14. The van der Waals surface area contributed by atoms with Crippen LogP contribution in [0.5, 0.6) is 0 Å². The van der Waals surface area contributed by atoms with Gasteiger partial charge < -0.3 is 25.0 Å². The van der Waals surface area contributed by atoms with E-state index in [9.17, 15) is 13.2 Å². The van der Waals surface area contributed by atoms with Gasteiger partial charge >= 0.3 is 6.03 Å². The lowest BCUT2D eigenvalue weighted by atomic mass is 10.2. The molecule has 0 bridgehead atoms. The summed E-state index contributed by atoms with van der Waals surface area (Å²) in [6.07, 6.45) is 1.18. The molecular weight excluding hydrogens is 434 g/mol. The summed E-state index contributed by atoms with van der Waals surface area (Å²) in [6, 6.07) is 8.34. The first-order valence-corrected chi connectivity index (χ1v) is 12.3. The fraction of sp³-hybridized carbons (Fsp3) is 0.476. The van der Waals surface area contributed by atoms with E-state index in [4.69, 9.17) is 9.47 Å². The Labute approximate surface area is 188 Å². The first-order chi connectivity index (χ1) is 15.2. The number of nitrogens with one attached hydrogen (secondary N) is 2. The minimum Gasteiger partial charge on any atom is -0.383 e. The SMILES string of the molecule is COCC(C)NC(=O)Nc1ccc(-c2nc(CS(C)(=O)=O)cc(N3CCOCC3)n2)cc1. The van der Waals surface area contributed by atoms with Gasteiger partial charge in [0, 0.05) is 43.8 Å². The summed E-state index contributed by atoms with van der Waals surface area (Å²) in [6.45, 7) is 4.79. The van der Waals surface area contributed by atoms with E-state index in [1.165, 1.54) is 6.26 Å². The largest absolute Gasteiger partial charge is 0.383 e. The van der Waals surface area contributed by atoms with Crippen molar-refractivity contribution in [3.05, 3.63) is 36.0 Å². The summed E-state index contributed by atoms with van der Waals surface area (Å²) in [7, 11) is -1.68. The third-order valence-corrected chi connectivity index (χ3v) is 5.53. The molecule has 1 fully saturated rings. The summed E-state index contributed by atoms with van der Waals surface area (Å²) in [5, 5.41) is 5.54. The molecule has 1 atom stereocenters. The topological polar surface area (TPSA) is 123 Å². The molecule has 174 valence electrons. The Morgan fingerprint density at radius 1 is 1.22 bits per heavy atom. The Morgan fingerprint density at radius 2 is 1.91 bits per heavy atom. The van der Waals surface area contributed by atoms with Gasteiger partial charge in [-0.2, -0.15) is 0 Å². The predicted molar refractivity (Wildman–Crippen MR) is 123 cm³/mol. The number of methoxy groups -OCH3 is 1. The quantitative estimate of drug-likeness (QED) is 0.606. The van der Waals surface area contributed by atoms with Gasteiger partial charge in [0.25, 0.3) is 0 Å². The molecule has 2 aromatic rings. The lowest BCUT2D eigenvalue weighted by molar-refractivity contribution is 0.122. The van der Waals surface area contributed by atoms with Crippen LogP contribution in [0.1, 0.15) is 12.6 Å². The summed E-state index contributed by atoms with van der Waals surface area (Å²) >= 11 is 0. The number of carbonyl (C=O) groups is 1. The second-order valence-electron chi connectivity index (χ2n) is 7.74. The molecule has 1 saturated heterocycles. The molecule has 1 aromatic carbocycles. The number of anilines is 2. The van der Waals surface area contributed by atoms with Gasteiger partial charge in [-0.05, 0) is 31.2 Å². The lowest BCUT2D eigenvalue weighted by Gasteiger charge is -2.28. The first kappa shape index (κ1) is 23.9. The Bertz CT molecular complexity index is 1020. The highest BCUT2D eigenvalue weighted by molar-refractivity contribution is 7.89. The molecular formula is C21H29N5O5S. The minimum absolute atomic E-state index is 0.121. The Hall–Kier alpha value is -2.76. The highest BCUT2D eigenvalue weighted by Gasteiger charge is 2.17. The number of amides is 2. The second-order valence-corrected chi connectivity index (χ2v) is 9.88. The number of benzene rings is 1. The van der Waals surface area contributed by atoms with E-state index in [0.29, 0.717) is 61.5 Å². The van der Waals surface area contributed by atoms with Crippen LogP contribution in [0.25, 0.3) is 11.4 Å². The Kier molecular flexibility index (Phi) is 7.99. The van der Waals surface area contributed by atoms with Gasteiger partial charge in [0.2, 0.25) is 0 Å². The van der Waals surface area contributed by atoms with E-state index in [1.54, 1.807) is 37.4 Å². The van der Waals surface area contributed by atoms with E-state index < -0.39 is 9.84 Å². The summed E-state index contributed by atoms with van der Waals surface area (Å²) < 4.78 is 34.1. The van der Waals surface area contributed by atoms with Crippen LogP contribution in [0.4, 0.5) is 16.3 Å². The zero-order valence-electron chi connectivity index (χ0n) is 18.5. The van der Waals surface area contributed by atoms with Crippen molar-refractivity contribution in [1.29, 1.82) is 0 Å². The van der Waals surface area contributed by atoms with Crippen LogP contribution in [0, 0.1) is 0 Å². The smallest absolute Gasteiger partial charge is 0.319 e. The van der Waals surface area contributed by atoms with Crippen molar-refractivity contribution >= 4 is 27.4 Å². The fourth-order valence-electron chi connectivity index (χ4n) is 3.29. The molecule has 0 spiro atoms. The molecule has 32 heavy (non-hydrogen) atoms. The maximum absolute atomic E-state index is 12.1. The molecule has 1 aliphatic heterocycles. The van der Waals surface area contributed by atoms with Gasteiger partial charge in [-0.1, -0.05) is 0 Å². The summed E-state index contributed by atoms with van der Waals surface area (Å²) in [5.74, 6) is 0.933. The molecule has 10 nitrogen and oxygen atoms in total. The van der Waals surface area contributed by atoms with Crippen LogP contribution in [0.3, 0.4) is 0 Å². The van der Waals surface area contributed by atoms with Crippen molar-refractivity contribution in [2.75, 3.05) is 56.5 Å².